The molecule has 1 fully saturated rings. The number of piperidine rings is 1. The summed E-state index contributed by atoms with van der Waals surface area (Å²) >= 11 is 5.99. The van der Waals surface area contributed by atoms with Gasteiger partial charge >= 0.3 is 6.61 Å². The van der Waals surface area contributed by atoms with E-state index in [1.165, 1.54) is 12.1 Å². The Balaban J connectivity index is 0.00000364. The molecule has 0 spiro atoms. The molecule has 9 heteroatoms. The van der Waals surface area contributed by atoms with Gasteiger partial charge in [0.15, 0.2) is 5.96 Å². The summed E-state index contributed by atoms with van der Waals surface area (Å²) in [7, 11) is 0. The normalized spacial score (nSPS) is 15.6. The summed E-state index contributed by atoms with van der Waals surface area (Å²) in [6.07, 6.45) is 2.17. The Bertz CT molecular complexity index is 600. The zero-order chi connectivity index (χ0) is 18.9. The molecule has 0 amide bonds. The zero-order valence-corrected chi connectivity index (χ0v) is 18.7. The average molecular weight is 518 g/mol. The van der Waals surface area contributed by atoms with Crippen molar-refractivity contribution >= 4 is 41.5 Å². The van der Waals surface area contributed by atoms with Crippen LogP contribution in [0.4, 0.5) is 8.78 Å². The van der Waals surface area contributed by atoms with Gasteiger partial charge in [-0.05, 0) is 44.9 Å². The minimum absolute atomic E-state index is 0. The Morgan fingerprint density at radius 2 is 2.04 bits per heavy atom. The summed E-state index contributed by atoms with van der Waals surface area (Å²) in [5.41, 5.74) is 0.525. The second-order valence-corrected chi connectivity index (χ2v) is 6.38. The number of hydrogen-bond acceptors (Lipinski definition) is 3. The molecule has 1 aliphatic rings. The van der Waals surface area contributed by atoms with E-state index in [1.807, 2.05) is 13.8 Å². The van der Waals surface area contributed by atoms with E-state index in [1.54, 1.807) is 6.07 Å². The fraction of sp³-hybridized carbons (Fsp3) is 0.611. The molecule has 1 N–H and O–H groups in total. The van der Waals surface area contributed by atoms with Crippen molar-refractivity contribution in [3.8, 4) is 5.75 Å². The first-order valence-corrected chi connectivity index (χ1v) is 9.29. The Labute approximate surface area is 181 Å². The number of rotatable bonds is 7. The van der Waals surface area contributed by atoms with E-state index in [9.17, 15) is 8.78 Å². The third kappa shape index (κ3) is 7.95. The van der Waals surface area contributed by atoms with Crippen LogP contribution in [0.5, 0.6) is 5.75 Å². The quantitative estimate of drug-likeness (QED) is 0.328. The van der Waals surface area contributed by atoms with Gasteiger partial charge in [-0.25, -0.2) is 4.99 Å². The fourth-order valence-corrected chi connectivity index (χ4v) is 3.13. The fourth-order valence-electron chi connectivity index (χ4n) is 2.94. The summed E-state index contributed by atoms with van der Waals surface area (Å²) in [6.45, 7) is 4.44. The molecule has 1 aromatic carbocycles. The van der Waals surface area contributed by atoms with Crippen LogP contribution in [-0.4, -0.2) is 49.8 Å². The summed E-state index contributed by atoms with van der Waals surface area (Å²) < 4.78 is 35.4. The van der Waals surface area contributed by atoms with Gasteiger partial charge in [-0.3, -0.25) is 0 Å². The van der Waals surface area contributed by atoms with Crippen LogP contribution >= 0.6 is 35.6 Å². The predicted molar refractivity (Wildman–Crippen MR) is 115 cm³/mol. The van der Waals surface area contributed by atoms with Crippen LogP contribution in [0.25, 0.3) is 0 Å². The molecule has 0 aliphatic carbocycles. The van der Waals surface area contributed by atoms with Gasteiger partial charge in [-0.1, -0.05) is 11.6 Å². The number of hydrogen-bond donors (Lipinski definition) is 1. The minimum atomic E-state index is -2.88. The number of alkyl halides is 2. The molecule has 0 aromatic heterocycles. The molecule has 1 heterocycles. The van der Waals surface area contributed by atoms with Crippen LogP contribution in [0.2, 0.25) is 5.02 Å². The minimum Gasteiger partial charge on any atom is -0.434 e. The van der Waals surface area contributed by atoms with E-state index in [-0.39, 0.29) is 42.4 Å². The number of guanidine groups is 1. The van der Waals surface area contributed by atoms with Crippen LogP contribution in [0.15, 0.2) is 23.2 Å². The summed E-state index contributed by atoms with van der Waals surface area (Å²) in [5.74, 6) is 0.851. The van der Waals surface area contributed by atoms with Crippen molar-refractivity contribution in [2.24, 2.45) is 4.99 Å². The van der Waals surface area contributed by atoms with Crippen molar-refractivity contribution in [2.75, 3.05) is 26.2 Å². The average Bonchev–Trinajstić information content (AvgIpc) is 2.61. The number of halogens is 4. The van der Waals surface area contributed by atoms with Gasteiger partial charge in [0.2, 0.25) is 0 Å². The highest BCUT2D eigenvalue weighted by Gasteiger charge is 2.21. The lowest BCUT2D eigenvalue weighted by Crippen LogP contribution is -2.47. The Morgan fingerprint density at radius 3 is 2.63 bits per heavy atom. The molecule has 27 heavy (non-hydrogen) atoms. The molecule has 2 rings (SSSR count). The van der Waals surface area contributed by atoms with Crippen LogP contribution in [0, 0.1) is 0 Å². The number of likely N-dealkylation sites (tertiary alicyclic amines) is 1. The van der Waals surface area contributed by atoms with Crippen LogP contribution in [0.3, 0.4) is 0 Å². The van der Waals surface area contributed by atoms with E-state index in [4.69, 9.17) is 16.3 Å². The standard InChI is InChI=1S/C18H26ClF2N3O2.HI/c1-3-22-18(24-9-7-15(8-10-24)25-4-2)23-12-13-11-14(19)5-6-16(13)26-17(20)21;/h5-6,11,15,17H,3-4,7-10,12H2,1-2H3,(H,22,23);1H. The first kappa shape index (κ1) is 24.2. The second-order valence-electron chi connectivity index (χ2n) is 5.94. The van der Waals surface area contributed by atoms with Gasteiger partial charge in [-0.15, -0.1) is 24.0 Å². The van der Waals surface area contributed by atoms with Crippen molar-refractivity contribution in [1.29, 1.82) is 0 Å². The monoisotopic (exact) mass is 517 g/mol. The van der Waals surface area contributed by atoms with Crippen molar-refractivity contribution in [3.63, 3.8) is 0 Å². The molecule has 1 saturated heterocycles. The highest BCUT2D eigenvalue weighted by atomic mass is 127. The Kier molecular flexibility index (Phi) is 11.2. The molecule has 1 aromatic rings. The lowest BCUT2D eigenvalue weighted by Gasteiger charge is -2.34. The molecule has 0 bridgehead atoms. The van der Waals surface area contributed by atoms with Crippen molar-refractivity contribution in [3.05, 3.63) is 28.8 Å². The van der Waals surface area contributed by atoms with Crippen LogP contribution in [-0.2, 0) is 11.3 Å². The number of benzene rings is 1. The number of nitrogens with zero attached hydrogens (tertiary/aromatic N) is 2. The topological polar surface area (TPSA) is 46.1 Å². The lowest BCUT2D eigenvalue weighted by molar-refractivity contribution is -0.0504. The molecule has 0 unspecified atom stereocenters. The van der Waals surface area contributed by atoms with Gasteiger partial charge in [0.1, 0.15) is 5.75 Å². The summed E-state index contributed by atoms with van der Waals surface area (Å²) in [6, 6.07) is 4.57. The van der Waals surface area contributed by atoms with Crippen molar-refractivity contribution in [2.45, 2.75) is 45.9 Å². The third-order valence-corrected chi connectivity index (χ3v) is 4.35. The van der Waals surface area contributed by atoms with E-state index in [2.05, 4.69) is 19.9 Å². The Hall–Kier alpha value is -0.870. The third-order valence-electron chi connectivity index (χ3n) is 4.12. The molecule has 0 saturated carbocycles. The second kappa shape index (κ2) is 12.6. The number of nitrogens with one attached hydrogen (secondary N) is 1. The molecular formula is C18H27ClF2IN3O2. The predicted octanol–water partition coefficient (Wildman–Crippen LogP) is 4.53. The van der Waals surface area contributed by atoms with Crippen LogP contribution in [0.1, 0.15) is 32.3 Å². The largest absolute Gasteiger partial charge is 0.434 e. The van der Waals surface area contributed by atoms with Gasteiger partial charge in [-0.2, -0.15) is 8.78 Å². The molecule has 0 atom stereocenters. The molecular weight excluding hydrogens is 491 g/mol. The van der Waals surface area contributed by atoms with Gasteiger partial charge in [0, 0.05) is 36.8 Å². The van der Waals surface area contributed by atoms with Crippen molar-refractivity contribution < 1.29 is 18.3 Å². The number of ether oxygens (including phenoxy) is 2. The first-order chi connectivity index (χ1) is 12.5. The highest BCUT2D eigenvalue weighted by Crippen LogP contribution is 2.25. The van der Waals surface area contributed by atoms with E-state index >= 15 is 0 Å². The first-order valence-electron chi connectivity index (χ1n) is 8.91. The van der Waals surface area contributed by atoms with Gasteiger partial charge in [0.05, 0.1) is 12.6 Å². The maximum atomic E-state index is 12.6. The van der Waals surface area contributed by atoms with Crippen LogP contribution < -0.4 is 10.1 Å². The smallest absolute Gasteiger partial charge is 0.387 e. The number of aliphatic imine (C=N–C) groups is 1. The Morgan fingerprint density at radius 1 is 1.33 bits per heavy atom. The molecule has 0 radical (unpaired) electrons. The molecule has 5 nitrogen and oxygen atoms in total. The van der Waals surface area contributed by atoms with E-state index < -0.39 is 6.61 Å². The maximum Gasteiger partial charge on any atom is 0.387 e. The zero-order valence-electron chi connectivity index (χ0n) is 15.6. The lowest BCUT2D eigenvalue weighted by atomic mass is 10.1. The van der Waals surface area contributed by atoms with E-state index in [0.717, 1.165) is 45.0 Å². The summed E-state index contributed by atoms with van der Waals surface area (Å²) in [4.78, 5) is 6.76. The SMILES string of the molecule is CCNC(=NCc1cc(Cl)ccc1OC(F)F)N1CCC(OCC)CC1.I. The molecule has 1 aliphatic heterocycles. The van der Waals surface area contributed by atoms with Gasteiger partial charge in [0.25, 0.3) is 0 Å². The maximum absolute atomic E-state index is 12.6. The van der Waals surface area contributed by atoms with Crippen molar-refractivity contribution in [1.82, 2.24) is 10.2 Å². The van der Waals surface area contributed by atoms with Gasteiger partial charge < -0.3 is 19.7 Å². The highest BCUT2D eigenvalue weighted by molar-refractivity contribution is 14.0. The summed E-state index contributed by atoms with van der Waals surface area (Å²) in [5, 5.41) is 3.72. The van der Waals surface area contributed by atoms with E-state index in [0.29, 0.717) is 10.6 Å². The molecule has 154 valence electrons.